The van der Waals surface area contributed by atoms with Gasteiger partial charge in [-0.1, -0.05) is 52.9 Å². The Bertz CT molecular complexity index is 788. The Morgan fingerprint density at radius 3 is 2.55 bits per heavy atom. The predicted molar refractivity (Wildman–Crippen MR) is 125 cm³/mol. The van der Waals surface area contributed by atoms with Gasteiger partial charge in [0.15, 0.2) is 10.8 Å². The van der Waals surface area contributed by atoms with E-state index in [0.29, 0.717) is 30.2 Å². The van der Waals surface area contributed by atoms with E-state index in [4.69, 9.17) is 18.0 Å². The number of nitrogen functional groups attached to an aromatic ring is 1. The molecule has 2 atom stereocenters. The molecular weight excluding hydrogens is 386 g/mol. The molecule has 29 heavy (non-hydrogen) atoms. The Kier molecular flexibility index (Phi) is 9.20. The lowest BCUT2D eigenvalue weighted by molar-refractivity contribution is 0.309. The van der Waals surface area contributed by atoms with Crippen LogP contribution < -0.4 is 27.2 Å². The van der Waals surface area contributed by atoms with Gasteiger partial charge in [-0.3, -0.25) is 14.3 Å². The Balaban J connectivity index is 2.36. The molecule has 0 amide bonds. The van der Waals surface area contributed by atoms with Crippen LogP contribution in [0.3, 0.4) is 0 Å². The molecule has 0 unspecified atom stereocenters. The van der Waals surface area contributed by atoms with E-state index >= 15 is 0 Å². The summed E-state index contributed by atoms with van der Waals surface area (Å²) in [5.74, 6) is 0.734. The summed E-state index contributed by atoms with van der Waals surface area (Å²) in [4.78, 5) is 29.3. The first-order valence-corrected chi connectivity index (χ1v) is 11.5. The molecule has 0 spiro atoms. The highest BCUT2D eigenvalue weighted by Gasteiger charge is 2.26. The molecule has 1 aromatic rings. The van der Waals surface area contributed by atoms with E-state index in [1.165, 1.54) is 23.8 Å². The van der Waals surface area contributed by atoms with Crippen molar-refractivity contribution in [3.05, 3.63) is 20.8 Å². The lowest BCUT2D eigenvalue weighted by Gasteiger charge is -2.34. The van der Waals surface area contributed by atoms with Gasteiger partial charge in [-0.15, -0.1) is 0 Å². The van der Waals surface area contributed by atoms with Gasteiger partial charge in [0.1, 0.15) is 5.82 Å². The fourth-order valence-corrected chi connectivity index (χ4v) is 4.31. The van der Waals surface area contributed by atoms with Gasteiger partial charge in [-0.05, 0) is 43.8 Å². The van der Waals surface area contributed by atoms with E-state index < -0.39 is 11.2 Å². The molecule has 164 valence electrons. The average Bonchev–Trinajstić information content (AvgIpc) is 2.68. The first kappa shape index (κ1) is 23.4. The van der Waals surface area contributed by atoms with E-state index in [-0.39, 0.29) is 11.5 Å². The molecular formula is C21H37N5O2S. The van der Waals surface area contributed by atoms with Crippen LogP contribution in [0.2, 0.25) is 0 Å². The van der Waals surface area contributed by atoms with Crippen molar-refractivity contribution >= 4 is 28.8 Å². The maximum absolute atomic E-state index is 12.7. The van der Waals surface area contributed by atoms with Crippen molar-refractivity contribution in [3.8, 4) is 0 Å². The fraction of sp³-hybridized carbons (Fsp3) is 0.762. The first-order chi connectivity index (χ1) is 13.9. The van der Waals surface area contributed by atoms with Crippen LogP contribution in [0.25, 0.3) is 0 Å². The van der Waals surface area contributed by atoms with Gasteiger partial charge < -0.3 is 16.0 Å². The lowest BCUT2D eigenvalue weighted by Crippen LogP contribution is -2.50. The van der Waals surface area contributed by atoms with Crippen LogP contribution in [0.1, 0.15) is 78.6 Å². The zero-order valence-electron chi connectivity index (χ0n) is 18.1. The molecule has 4 N–H and O–H groups in total. The number of aromatic nitrogens is 2. The van der Waals surface area contributed by atoms with Crippen LogP contribution in [0.4, 0.5) is 11.5 Å². The Morgan fingerprint density at radius 2 is 1.90 bits per heavy atom. The van der Waals surface area contributed by atoms with Gasteiger partial charge in [0, 0.05) is 19.1 Å². The molecule has 0 saturated heterocycles. The van der Waals surface area contributed by atoms with Gasteiger partial charge in [-0.2, -0.15) is 0 Å². The second-order valence-electron chi connectivity index (χ2n) is 8.17. The molecule has 1 fully saturated rings. The van der Waals surface area contributed by atoms with Gasteiger partial charge in [-0.25, -0.2) is 4.79 Å². The van der Waals surface area contributed by atoms with Crippen LogP contribution in [-0.2, 0) is 6.54 Å². The third kappa shape index (κ3) is 6.07. The topological polar surface area (TPSA) is 96.2 Å². The average molecular weight is 424 g/mol. The maximum atomic E-state index is 12.7. The summed E-state index contributed by atoms with van der Waals surface area (Å²) < 4.78 is 1.46. The van der Waals surface area contributed by atoms with Crippen LogP contribution in [0.5, 0.6) is 0 Å². The standard InChI is InChI=1S/C21H37N5O2S/c1-4-6-10-14-25(21(29)23-16-12-9-8-11-15(16)3)17-18(22)26(13-7-5-2)20(28)24-19(17)27/h15-16H,4-14,22H2,1-3H3,(H,23,29)(H,24,27,28)/t15-,16-/m1/s1. The van der Waals surface area contributed by atoms with Crippen molar-refractivity contribution in [2.24, 2.45) is 5.92 Å². The monoisotopic (exact) mass is 423 g/mol. The number of nitrogens with zero attached hydrogens (tertiary/aromatic N) is 2. The molecule has 0 radical (unpaired) electrons. The highest BCUT2D eigenvalue weighted by Crippen LogP contribution is 2.25. The van der Waals surface area contributed by atoms with E-state index in [0.717, 1.165) is 38.5 Å². The van der Waals surface area contributed by atoms with Gasteiger partial charge in [0.2, 0.25) is 0 Å². The quantitative estimate of drug-likeness (QED) is 0.416. The van der Waals surface area contributed by atoms with Crippen molar-refractivity contribution in [2.75, 3.05) is 17.2 Å². The van der Waals surface area contributed by atoms with Crippen LogP contribution in [0, 0.1) is 5.92 Å². The number of aromatic amines is 1. The minimum atomic E-state index is -0.474. The summed E-state index contributed by atoms with van der Waals surface area (Å²) >= 11 is 5.74. The molecule has 1 aromatic heterocycles. The number of nitrogens with two attached hydrogens (primary N) is 1. The third-order valence-electron chi connectivity index (χ3n) is 5.87. The van der Waals surface area contributed by atoms with Crippen LogP contribution in [0.15, 0.2) is 9.59 Å². The number of thiocarbonyl (C=S) groups is 1. The summed E-state index contributed by atoms with van der Waals surface area (Å²) in [5, 5.41) is 4.01. The van der Waals surface area contributed by atoms with Crippen molar-refractivity contribution in [2.45, 2.75) is 91.1 Å². The Morgan fingerprint density at radius 1 is 1.21 bits per heavy atom. The van der Waals surface area contributed by atoms with Crippen LogP contribution >= 0.6 is 12.2 Å². The Hall–Kier alpha value is -1.83. The zero-order chi connectivity index (χ0) is 21.4. The molecule has 1 saturated carbocycles. The smallest absolute Gasteiger partial charge is 0.330 e. The number of rotatable bonds is 9. The third-order valence-corrected chi connectivity index (χ3v) is 6.21. The number of nitrogens with one attached hydrogen (secondary N) is 2. The summed E-state index contributed by atoms with van der Waals surface area (Å²) in [6, 6.07) is 0.302. The second-order valence-corrected chi connectivity index (χ2v) is 8.56. The number of hydrogen-bond acceptors (Lipinski definition) is 4. The number of hydrogen-bond donors (Lipinski definition) is 3. The normalized spacial score (nSPS) is 19.1. The lowest BCUT2D eigenvalue weighted by atomic mass is 9.86. The minimum Gasteiger partial charge on any atom is -0.383 e. The first-order valence-electron chi connectivity index (χ1n) is 11.1. The van der Waals surface area contributed by atoms with E-state index in [2.05, 4.69) is 31.1 Å². The molecule has 0 aromatic carbocycles. The van der Waals surface area contributed by atoms with Crippen molar-refractivity contribution < 1.29 is 0 Å². The molecule has 0 bridgehead atoms. The molecule has 1 aliphatic rings. The summed E-state index contributed by atoms with van der Waals surface area (Å²) in [6.07, 6.45) is 9.43. The van der Waals surface area contributed by atoms with Crippen molar-refractivity contribution in [3.63, 3.8) is 0 Å². The molecule has 1 heterocycles. The predicted octanol–water partition coefficient (Wildman–Crippen LogP) is 3.37. The second kappa shape index (κ2) is 11.4. The largest absolute Gasteiger partial charge is 0.383 e. The molecule has 7 nitrogen and oxygen atoms in total. The summed E-state index contributed by atoms with van der Waals surface area (Å²) in [7, 11) is 0. The van der Waals surface area contributed by atoms with Crippen LogP contribution in [-0.4, -0.2) is 27.3 Å². The fourth-order valence-electron chi connectivity index (χ4n) is 3.98. The molecule has 1 aliphatic carbocycles. The zero-order valence-corrected chi connectivity index (χ0v) is 18.9. The maximum Gasteiger partial charge on any atom is 0.330 e. The highest BCUT2D eigenvalue weighted by molar-refractivity contribution is 7.80. The highest BCUT2D eigenvalue weighted by atomic mass is 32.1. The van der Waals surface area contributed by atoms with Gasteiger partial charge >= 0.3 is 5.69 Å². The van der Waals surface area contributed by atoms with Gasteiger partial charge in [0.05, 0.1) is 0 Å². The van der Waals surface area contributed by atoms with E-state index in [9.17, 15) is 9.59 Å². The molecule has 0 aliphatic heterocycles. The summed E-state index contributed by atoms with van der Waals surface area (Å²) in [5.41, 5.74) is 5.70. The number of unbranched alkanes of at least 4 members (excludes halogenated alkanes) is 3. The minimum absolute atomic E-state index is 0.199. The SMILES string of the molecule is CCCCCN(C(=S)N[C@@H]1CCCC[C@H]1C)c1c(N)n(CCCC)c(=O)[nH]c1=O. The van der Waals surface area contributed by atoms with Gasteiger partial charge in [0.25, 0.3) is 5.56 Å². The van der Waals surface area contributed by atoms with Crippen molar-refractivity contribution in [1.29, 1.82) is 0 Å². The number of H-pyrrole nitrogens is 1. The Labute approximate surface area is 179 Å². The molecule has 2 rings (SSSR count). The van der Waals surface area contributed by atoms with E-state index in [1.807, 2.05) is 4.90 Å². The number of anilines is 2. The van der Waals surface area contributed by atoms with E-state index in [1.54, 1.807) is 0 Å². The summed E-state index contributed by atoms with van der Waals surface area (Å²) in [6.45, 7) is 7.51. The van der Waals surface area contributed by atoms with Crippen molar-refractivity contribution in [1.82, 2.24) is 14.9 Å². The molecule has 8 heteroatoms.